The van der Waals surface area contributed by atoms with Gasteiger partial charge in [0, 0.05) is 10.4 Å². The standard InChI is InChI=1S/C14H20BrClO/c1-10(4-6-15)5-7-17-14-11(2)8-13(16)9-12(14)3/h8-10H,4-7H2,1-3H3. The second-order valence-electron chi connectivity index (χ2n) is 4.59. The normalized spacial score (nSPS) is 12.5. The van der Waals surface area contributed by atoms with E-state index < -0.39 is 0 Å². The zero-order chi connectivity index (χ0) is 12.8. The fourth-order valence-corrected chi connectivity index (χ4v) is 2.93. The lowest BCUT2D eigenvalue weighted by atomic mass is 10.1. The molecule has 96 valence electrons. The van der Waals surface area contributed by atoms with Crippen molar-refractivity contribution in [1.82, 2.24) is 0 Å². The summed E-state index contributed by atoms with van der Waals surface area (Å²) < 4.78 is 5.87. The number of halogens is 2. The van der Waals surface area contributed by atoms with Gasteiger partial charge in [0.15, 0.2) is 0 Å². The molecule has 3 heteroatoms. The minimum absolute atomic E-state index is 0.697. The maximum atomic E-state index is 5.99. The van der Waals surface area contributed by atoms with Crippen molar-refractivity contribution in [3.8, 4) is 5.75 Å². The summed E-state index contributed by atoms with van der Waals surface area (Å²) in [6.07, 6.45) is 2.29. The second-order valence-corrected chi connectivity index (χ2v) is 5.82. The zero-order valence-corrected chi connectivity index (χ0v) is 13.1. The average molecular weight is 320 g/mol. The van der Waals surface area contributed by atoms with E-state index in [1.807, 2.05) is 26.0 Å². The Labute approximate surface area is 118 Å². The van der Waals surface area contributed by atoms with Crippen LogP contribution in [0.2, 0.25) is 5.02 Å². The molecule has 0 amide bonds. The summed E-state index contributed by atoms with van der Waals surface area (Å²) >= 11 is 9.45. The SMILES string of the molecule is Cc1cc(Cl)cc(C)c1OCCC(C)CCBr. The molecule has 1 rings (SSSR count). The number of benzene rings is 1. The molecular weight excluding hydrogens is 300 g/mol. The van der Waals surface area contributed by atoms with Crippen LogP contribution in [0.1, 0.15) is 30.9 Å². The van der Waals surface area contributed by atoms with Gasteiger partial charge in [-0.15, -0.1) is 0 Å². The highest BCUT2D eigenvalue weighted by Crippen LogP contribution is 2.27. The molecule has 0 saturated carbocycles. The third-order valence-electron chi connectivity index (χ3n) is 2.88. The number of ether oxygens (including phenoxy) is 1. The van der Waals surface area contributed by atoms with Crippen molar-refractivity contribution in [3.63, 3.8) is 0 Å². The highest BCUT2D eigenvalue weighted by Gasteiger charge is 2.07. The van der Waals surface area contributed by atoms with E-state index in [-0.39, 0.29) is 0 Å². The number of rotatable bonds is 6. The summed E-state index contributed by atoms with van der Waals surface area (Å²) in [4.78, 5) is 0. The Kier molecular flexibility index (Phi) is 6.35. The molecule has 0 fully saturated rings. The van der Waals surface area contributed by atoms with Gasteiger partial charge in [-0.05, 0) is 55.9 Å². The van der Waals surface area contributed by atoms with Crippen LogP contribution in [0.15, 0.2) is 12.1 Å². The highest BCUT2D eigenvalue weighted by atomic mass is 79.9. The number of hydrogen-bond acceptors (Lipinski definition) is 1. The van der Waals surface area contributed by atoms with Crippen LogP contribution in [0.4, 0.5) is 0 Å². The van der Waals surface area contributed by atoms with Gasteiger partial charge in [-0.2, -0.15) is 0 Å². The number of hydrogen-bond donors (Lipinski definition) is 0. The highest BCUT2D eigenvalue weighted by molar-refractivity contribution is 9.09. The largest absolute Gasteiger partial charge is 0.493 e. The molecule has 1 aromatic carbocycles. The van der Waals surface area contributed by atoms with Crippen molar-refractivity contribution in [2.45, 2.75) is 33.6 Å². The molecule has 0 N–H and O–H groups in total. The van der Waals surface area contributed by atoms with Crippen molar-refractivity contribution >= 4 is 27.5 Å². The van der Waals surface area contributed by atoms with Crippen LogP contribution in [0.3, 0.4) is 0 Å². The van der Waals surface area contributed by atoms with Crippen LogP contribution in [0, 0.1) is 19.8 Å². The summed E-state index contributed by atoms with van der Waals surface area (Å²) in [5, 5.41) is 1.84. The Morgan fingerprint density at radius 3 is 2.35 bits per heavy atom. The predicted molar refractivity (Wildman–Crippen MR) is 78.6 cm³/mol. The lowest BCUT2D eigenvalue weighted by molar-refractivity contribution is 0.279. The molecule has 1 atom stereocenters. The first-order chi connectivity index (χ1) is 8.04. The molecule has 0 saturated heterocycles. The zero-order valence-electron chi connectivity index (χ0n) is 10.7. The van der Waals surface area contributed by atoms with Crippen LogP contribution in [-0.4, -0.2) is 11.9 Å². The van der Waals surface area contributed by atoms with Crippen LogP contribution < -0.4 is 4.74 Å². The molecule has 0 bridgehead atoms. The fourth-order valence-electron chi connectivity index (χ4n) is 1.82. The molecule has 17 heavy (non-hydrogen) atoms. The van der Waals surface area contributed by atoms with Crippen molar-refractivity contribution in [3.05, 3.63) is 28.3 Å². The van der Waals surface area contributed by atoms with Gasteiger partial charge >= 0.3 is 0 Å². The Balaban J connectivity index is 2.52. The molecule has 0 spiro atoms. The van der Waals surface area contributed by atoms with E-state index >= 15 is 0 Å². The summed E-state index contributed by atoms with van der Waals surface area (Å²) in [6.45, 7) is 7.11. The molecule has 1 aromatic rings. The summed E-state index contributed by atoms with van der Waals surface area (Å²) in [7, 11) is 0. The van der Waals surface area contributed by atoms with Crippen LogP contribution in [0.25, 0.3) is 0 Å². The smallest absolute Gasteiger partial charge is 0.125 e. The summed E-state index contributed by atoms with van der Waals surface area (Å²) in [5.74, 6) is 1.68. The number of alkyl halides is 1. The molecule has 0 heterocycles. The van der Waals surface area contributed by atoms with Crippen molar-refractivity contribution < 1.29 is 4.74 Å². The average Bonchev–Trinajstić information content (AvgIpc) is 2.22. The molecule has 1 nitrogen and oxygen atoms in total. The first kappa shape index (κ1) is 14.8. The van der Waals surface area contributed by atoms with Crippen LogP contribution in [-0.2, 0) is 0 Å². The predicted octanol–water partition coefficient (Wildman–Crippen LogP) is 5.15. The van der Waals surface area contributed by atoms with Gasteiger partial charge < -0.3 is 4.74 Å². The third-order valence-corrected chi connectivity index (χ3v) is 3.56. The van der Waals surface area contributed by atoms with Gasteiger partial charge in [-0.1, -0.05) is 34.5 Å². The monoisotopic (exact) mass is 318 g/mol. The molecular formula is C14H20BrClO. The quantitative estimate of drug-likeness (QED) is 0.659. The van der Waals surface area contributed by atoms with Crippen molar-refractivity contribution in [1.29, 1.82) is 0 Å². The van der Waals surface area contributed by atoms with E-state index in [4.69, 9.17) is 16.3 Å². The Hall–Kier alpha value is -0.210. The number of aryl methyl sites for hydroxylation is 2. The van der Waals surface area contributed by atoms with E-state index in [1.165, 1.54) is 6.42 Å². The lowest BCUT2D eigenvalue weighted by Crippen LogP contribution is -2.06. The summed E-state index contributed by atoms with van der Waals surface area (Å²) in [5.41, 5.74) is 2.23. The molecule has 1 unspecified atom stereocenters. The first-order valence-electron chi connectivity index (χ1n) is 6.00. The van der Waals surface area contributed by atoms with Gasteiger partial charge in [0.05, 0.1) is 6.61 Å². The van der Waals surface area contributed by atoms with E-state index in [9.17, 15) is 0 Å². The van der Waals surface area contributed by atoms with Crippen LogP contribution >= 0.6 is 27.5 Å². The third kappa shape index (κ3) is 4.89. The lowest BCUT2D eigenvalue weighted by Gasteiger charge is -2.14. The fraction of sp³-hybridized carbons (Fsp3) is 0.571. The molecule has 0 aliphatic rings. The molecule has 0 aliphatic carbocycles. The van der Waals surface area contributed by atoms with Gasteiger partial charge in [0.25, 0.3) is 0 Å². The second kappa shape index (κ2) is 7.27. The topological polar surface area (TPSA) is 9.23 Å². The van der Waals surface area contributed by atoms with Gasteiger partial charge in [-0.25, -0.2) is 0 Å². The Bertz CT molecular complexity index is 342. The maximum Gasteiger partial charge on any atom is 0.125 e. The molecule has 0 aliphatic heterocycles. The van der Waals surface area contributed by atoms with E-state index in [0.29, 0.717) is 5.92 Å². The maximum absolute atomic E-state index is 5.99. The van der Waals surface area contributed by atoms with E-state index in [2.05, 4.69) is 22.9 Å². The van der Waals surface area contributed by atoms with Gasteiger partial charge in [-0.3, -0.25) is 0 Å². The molecule has 0 radical (unpaired) electrons. The van der Waals surface area contributed by atoms with Crippen molar-refractivity contribution in [2.75, 3.05) is 11.9 Å². The first-order valence-corrected chi connectivity index (χ1v) is 7.50. The minimum atomic E-state index is 0.697. The van der Waals surface area contributed by atoms with Crippen molar-refractivity contribution in [2.24, 2.45) is 5.92 Å². The molecule has 0 aromatic heterocycles. The van der Waals surface area contributed by atoms with Gasteiger partial charge in [0.2, 0.25) is 0 Å². The minimum Gasteiger partial charge on any atom is -0.493 e. The summed E-state index contributed by atoms with van der Waals surface area (Å²) in [6, 6.07) is 3.90. The van der Waals surface area contributed by atoms with E-state index in [1.54, 1.807) is 0 Å². The van der Waals surface area contributed by atoms with E-state index in [0.717, 1.165) is 40.3 Å². The van der Waals surface area contributed by atoms with Crippen LogP contribution in [0.5, 0.6) is 5.75 Å². The van der Waals surface area contributed by atoms with Gasteiger partial charge in [0.1, 0.15) is 5.75 Å². The Morgan fingerprint density at radius 2 is 1.82 bits per heavy atom. The Morgan fingerprint density at radius 1 is 1.24 bits per heavy atom.